The zero-order chi connectivity index (χ0) is 62.9. The predicted molar refractivity (Wildman–Crippen MR) is 307 cm³/mol. The molecular formula is C63H66F6N6O12. The summed E-state index contributed by atoms with van der Waals surface area (Å²) in [6, 6.07) is 28.5. The maximum absolute atomic E-state index is 14.2. The highest BCUT2D eigenvalue weighted by Crippen LogP contribution is 2.30. The Hall–Kier alpha value is -9.00. The zero-order valence-corrected chi connectivity index (χ0v) is 47.9. The summed E-state index contributed by atoms with van der Waals surface area (Å²) in [6.45, 7) is 5.31. The smallest absolute Gasteiger partial charge is 0.260 e. The van der Waals surface area contributed by atoms with Crippen LogP contribution in [-0.4, -0.2) is 143 Å². The fourth-order valence-electron chi connectivity index (χ4n) is 10.2. The molecule has 6 aromatic rings. The van der Waals surface area contributed by atoms with Crippen LogP contribution in [-0.2, 0) is 48.6 Å². The maximum Gasteiger partial charge on any atom is 0.260 e. The van der Waals surface area contributed by atoms with Crippen molar-refractivity contribution in [2.75, 3.05) is 73.8 Å². The van der Waals surface area contributed by atoms with Crippen molar-refractivity contribution in [2.24, 2.45) is 0 Å². The van der Waals surface area contributed by atoms with Crippen LogP contribution in [0.1, 0.15) is 56.7 Å². The second-order valence-electron chi connectivity index (χ2n) is 20.6. The van der Waals surface area contributed by atoms with E-state index in [-0.39, 0.29) is 124 Å². The summed E-state index contributed by atoms with van der Waals surface area (Å²) >= 11 is 0. The van der Waals surface area contributed by atoms with Crippen LogP contribution < -0.4 is 28.9 Å². The van der Waals surface area contributed by atoms with E-state index < -0.39 is 40.9 Å². The highest BCUT2D eigenvalue weighted by Gasteiger charge is 2.36. The number of benzene rings is 6. The molecule has 0 bridgehead atoms. The van der Waals surface area contributed by atoms with Gasteiger partial charge in [0.2, 0.25) is 17.7 Å². The van der Waals surface area contributed by atoms with E-state index in [0.717, 1.165) is 59.2 Å². The van der Waals surface area contributed by atoms with Gasteiger partial charge in [-0.1, -0.05) is 36.4 Å². The first-order valence-electron chi connectivity index (χ1n) is 27.7. The molecule has 0 aromatic heterocycles. The van der Waals surface area contributed by atoms with Gasteiger partial charge in [-0.2, -0.15) is 0 Å². The minimum Gasteiger partial charge on any atom is -0.484 e. The average Bonchev–Trinajstić information content (AvgIpc) is 3.62. The third kappa shape index (κ3) is 18.0. The van der Waals surface area contributed by atoms with Gasteiger partial charge < -0.3 is 58.9 Å². The summed E-state index contributed by atoms with van der Waals surface area (Å²) in [5.41, 5.74) is 2.61. The molecule has 87 heavy (non-hydrogen) atoms. The number of anilines is 3. The molecular weight excluding hydrogens is 1150 g/mol. The number of likely N-dealkylation sites (tertiary alicyclic amines) is 3. The van der Waals surface area contributed by atoms with Crippen molar-refractivity contribution in [3.05, 3.63) is 179 Å². The van der Waals surface area contributed by atoms with Crippen LogP contribution in [0.15, 0.2) is 127 Å². The van der Waals surface area contributed by atoms with E-state index >= 15 is 0 Å². The third-order valence-corrected chi connectivity index (χ3v) is 14.5. The molecule has 9 rings (SSSR count). The van der Waals surface area contributed by atoms with Crippen LogP contribution in [0, 0.1) is 34.9 Å². The lowest BCUT2D eigenvalue weighted by molar-refractivity contribution is -0.133. The van der Waals surface area contributed by atoms with E-state index in [1.165, 1.54) is 47.6 Å². The summed E-state index contributed by atoms with van der Waals surface area (Å²) in [5.74, 6) is -5.32. The Kier molecular flexibility index (Phi) is 23.3. The average molecular weight is 1210 g/mol. The van der Waals surface area contributed by atoms with Gasteiger partial charge in [0.25, 0.3) is 17.7 Å². The van der Waals surface area contributed by atoms with E-state index in [1.54, 1.807) is 87.5 Å². The zero-order valence-electron chi connectivity index (χ0n) is 47.9. The molecule has 18 nitrogen and oxygen atoms in total. The minimum absolute atomic E-state index is 0.00146. The van der Waals surface area contributed by atoms with Crippen molar-refractivity contribution >= 4 is 52.5 Å². The lowest BCUT2D eigenvalue weighted by Gasteiger charge is -2.28. The normalized spacial score (nSPS) is 16.0. The van der Waals surface area contributed by atoms with Crippen LogP contribution in [0.4, 0.5) is 43.4 Å². The first-order valence-corrected chi connectivity index (χ1v) is 27.7. The molecule has 3 aliphatic rings. The first kappa shape index (κ1) is 65.5. The van der Waals surface area contributed by atoms with E-state index in [9.17, 15) is 55.1 Å². The van der Waals surface area contributed by atoms with E-state index in [0.29, 0.717) is 56.1 Å². The van der Waals surface area contributed by atoms with Crippen molar-refractivity contribution in [1.29, 1.82) is 0 Å². The highest BCUT2D eigenvalue weighted by molar-refractivity contribution is 5.94. The van der Waals surface area contributed by atoms with Gasteiger partial charge in [-0.3, -0.25) is 28.8 Å². The second-order valence-corrected chi connectivity index (χ2v) is 20.6. The van der Waals surface area contributed by atoms with Gasteiger partial charge in [0.05, 0.1) is 43.6 Å². The van der Waals surface area contributed by atoms with Crippen molar-refractivity contribution in [3.63, 3.8) is 0 Å². The highest BCUT2D eigenvalue weighted by atomic mass is 19.2. The molecule has 0 radical (unpaired) electrons. The second kappa shape index (κ2) is 30.9. The Labute approximate surface area is 498 Å². The summed E-state index contributed by atoms with van der Waals surface area (Å²) < 4.78 is 97.8. The predicted octanol–water partition coefficient (Wildman–Crippen LogP) is 7.47. The third-order valence-electron chi connectivity index (χ3n) is 14.5. The number of aliphatic hydroxyl groups excluding tert-OH is 3. The number of carbonyl (C=O) groups excluding carboxylic acids is 6. The number of carbonyl (C=O) groups is 6. The molecule has 0 saturated carbocycles. The Morgan fingerprint density at radius 2 is 0.782 bits per heavy atom. The lowest BCUT2D eigenvalue weighted by atomic mass is 10.1. The van der Waals surface area contributed by atoms with Gasteiger partial charge in [0.1, 0.15) is 40.5 Å². The van der Waals surface area contributed by atoms with Gasteiger partial charge >= 0.3 is 0 Å². The van der Waals surface area contributed by atoms with Crippen LogP contribution in [0.25, 0.3) is 0 Å². The topological polar surface area (TPSA) is 210 Å². The van der Waals surface area contributed by atoms with Crippen molar-refractivity contribution < 1.29 is 84.6 Å². The summed E-state index contributed by atoms with van der Waals surface area (Å²) in [6.07, 6.45) is 1.50. The van der Waals surface area contributed by atoms with Gasteiger partial charge in [-0.05, 0) is 109 Å². The summed E-state index contributed by atoms with van der Waals surface area (Å²) in [4.78, 5) is 82.5. The standard InChI is InChI=1S/3C21H22F2N2O4/c1-14(27)25(20-7-4-16(22)10-19(20)23)17-8-9-24(11-17)21(28)13-29-18-5-2-15(12-26)3-6-18;1-14(27)25(16-4-7-19(22)20(23)10-16)17-8-9-24(11-17)21(28)13-29-18-5-2-15(12-26)3-6-18;1-14(27)25(19-9-16(22)8-17(23)10-19)18-6-7-24(11-18)21(28)13-29-20-4-2-15(12-26)3-5-20/h2*2-7,10,17,26H,8-9,11-13H2,1H3;2-5,8-10,18,26H,6-7,11-13H2,1H3. The fraction of sp³-hybridized carbons (Fsp3) is 0.333. The van der Waals surface area contributed by atoms with E-state index in [4.69, 9.17) is 29.5 Å². The molecule has 3 atom stereocenters. The molecule has 3 heterocycles. The monoisotopic (exact) mass is 1210 g/mol. The molecule has 3 saturated heterocycles. The number of ether oxygens (including phenoxy) is 3. The van der Waals surface area contributed by atoms with Crippen LogP contribution in [0.5, 0.6) is 17.2 Å². The van der Waals surface area contributed by atoms with Crippen LogP contribution in [0.3, 0.4) is 0 Å². The molecule has 6 aromatic carbocycles. The van der Waals surface area contributed by atoms with E-state index in [1.807, 2.05) is 0 Å². The Bertz CT molecular complexity index is 3340. The lowest BCUT2D eigenvalue weighted by Crippen LogP contribution is -2.43. The Morgan fingerprint density at radius 1 is 0.414 bits per heavy atom. The maximum atomic E-state index is 14.2. The molecule has 3 N–H and O–H groups in total. The number of amides is 6. The largest absolute Gasteiger partial charge is 0.484 e. The SMILES string of the molecule is CC(=O)N(c1cc(F)cc(F)c1)C1CCN(C(=O)COc2ccc(CO)cc2)C1.CC(=O)N(c1ccc(F)c(F)c1)C1CCN(C(=O)COc2ccc(CO)cc2)C1.CC(=O)N(c1ccc(F)cc1F)C1CCN(C(=O)COc2ccc(CO)cc2)C1. The Morgan fingerprint density at radius 3 is 1.13 bits per heavy atom. The van der Waals surface area contributed by atoms with Gasteiger partial charge in [-0.25, -0.2) is 26.3 Å². The van der Waals surface area contributed by atoms with Gasteiger partial charge in [0, 0.05) is 89.6 Å². The summed E-state index contributed by atoms with van der Waals surface area (Å²) in [7, 11) is 0. The molecule has 6 amide bonds. The van der Waals surface area contributed by atoms with E-state index in [2.05, 4.69) is 0 Å². The molecule has 3 unspecified atom stereocenters. The fourth-order valence-corrected chi connectivity index (χ4v) is 10.2. The quantitative estimate of drug-likeness (QED) is 0.0716. The van der Waals surface area contributed by atoms with Gasteiger partial charge in [0.15, 0.2) is 31.5 Å². The molecule has 462 valence electrons. The first-order chi connectivity index (χ1) is 41.6. The van der Waals surface area contributed by atoms with Crippen molar-refractivity contribution in [2.45, 2.75) is 78.0 Å². The van der Waals surface area contributed by atoms with Crippen LogP contribution in [0.2, 0.25) is 0 Å². The van der Waals surface area contributed by atoms with Crippen LogP contribution >= 0.6 is 0 Å². The van der Waals surface area contributed by atoms with Crippen molar-refractivity contribution in [1.82, 2.24) is 14.7 Å². The Balaban J connectivity index is 0.000000186. The number of rotatable bonds is 18. The van der Waals surface area contributed by atoms with Crippen molar-refractivity contribution in [3.8, 4) is 17.2 Å². The molecule has 0 spiro atoms. The number of nitrogens with zero attached hydrogens (tertiary/aromatic N) is 6. The summed E-state index contributed by atoms with van der Waals surface area (Å²) in [5, 5.41) is 27.1. The number of aliphatic hydroxyl groups is 3. The molecule has 3 fully saturated rings. The number of hydrogen-bond donors (Lipinski definition) is 3. The number of halogens is 6. The number of hydrogen-bond acceptors (Lipinski definition) is 12. The molecule has 3 aliphatic heterocycles. The molecule has 24 heteroatoms. The van der Waals surface area contributed by atoms with Gasteiger partial charge in [-0.15, -0.1) is 0 Å². The molecule has 0 aliphatic carbocycles. The minimum atomic E-state index is -1.03.